The summed E-state index contributed by atoms with van der Waals surface area (Å²) in [5.74, 6) is -0.0500. The SMILES string of the molecule is O=C(CCC1CCCO1)NCC(=O)N1CCNCC1. The summed E-state index contributed by atoms with van der Waals surface area (Å²) < 4.78 is 5.46. The van der Waals surface area contributed by atoms with Crippen LogP contribution in [-0.2, 0) is 14.3 Å². The topological polar surface area (TPSA) is 70.7 Å². The molecule has 2 rings (SSSR count). The first kappa shape index (κ1) is 14.3. The van der Waals surface area contributed by atoms with E-state index in [9.17, 15) is 9.59 Å². The molecule has 0 saturated carbocycles. The van der Waals surface area contributed by atoms with Gasteiger partial charge >= 0.3 is 0 Å². The minimum Gasteiger partial charge on any atom is -0.378 e. The van der Waals surface area contributed by atoms with Crippen LogP contribution in [0.1, 0.15) is 25.7 Å². The molecule has 2 aliphatic rings. The summed E-state index contributed by atoms with van der Waals surface area (Å²) in [5.41, 5.74) is 0. The van der Waals surface area contributed by atoms with Crippen molar-refractivity contribution in [2.45, 2.75) is 31.8 Å². The summed E-state index contributed by atoms with van der Waals surface area (Å²) in [6.45, 7) is 4.05. The second-order valence-corrected chi connectivity index (χ2v) is 5.08. The van der Waals surface area contributed by atoms with Crippen LogP contribution in [0.15, 0.2) is 0 Å². The highest BCUT2D eigenvalue weighted by Gasteiger charge is 2.18. The standard InChI is InChI=1S/C13H23N3O3/c17-12(4-3-11-2-1-9-19-11)15-10-13(18)16-7-5-14-6-8-16/h11,14H,1-10H2,(H,15,17). The summed E-state index contributed by atoms with van der Waals surface area (Å²) in [6, 6.07) is 0. The maximum absolute atomic E-state index is 11.8. The van der Waals surface area contributed by atoms with E-state index in [1.54, 1.807) is 4.90 Å². The molecule has 2 fully saturated rings. The second-order valence-electron chi connectivity index (χ2n) is 5.08. The fraction of sp³-hybridized carbons (Fsp3) is 0.846. The summed E-state index contributed by atoms with van der Waals surface area (Å²) in [7, 11) is 0. The number of piperazine rings is 1. The van der Waals surface area contributed by atoms with Crippen LogP contribution < -0.4 is 10.6 Å². The molecule has 2 N–H and O–H groups in total. The zero-order valence-electron chi connectivity index (χ0n) is 11.3. The van der Waals surface area contributed by atoms with Gasteiger partial charge in [0.15, 0.2) is 0 Å². The Bertz CT molecular complexity index is 310. The first-order chi connectivity index (χ1) is 9.25. The Kier molecular flexibility index (Phi) is 5.60. The van der Waals surface area contributed by atoms with E-state index in [1.165, 1.54) is 0 Å². The quantitative estimate of drug-likeness (QED) is 0.705. The predicted molar refractivity (Wildman–Crippen MR) is 70.7 cm³/mol. The van der Waals surface area contributed by atoms with E-state index < -0.39 is 0 Å². The molecule has 0 aliphatic carbocycles. The molecule has 0 radical (unpaired) electrons. The van der Waals surface area contributed by atoms with Gasteiger partial charge in [-0.3, -0.25) is 9.59 Å². The van der Waals surface area contributed by atoms with Crippen molar-refractivity contribution < 1.29 is 14.3 Å². The number of hydrogen-bond acceptors (Lipinski definition) is 4. The highest BCUT2D eigenvalue weighted by atomic mass is 16.5. The van der Waals surface area contributed by atoms with Crippen molar-refractivity contribution in [1.29, 1.82) is 0 Å². The Morgan fingerprint density at radius 2 is 2.11 bits per heavy atom. The van der Waals surface area contributed by atoms with E-state index in [4.69, 9.17) is 4.74 Å². The summed E-state index contributed by atoms with van der Waals surface area (Å²) in [5, 5.41) is 5.89. The number of hydrogen-bond donors (Lipinski definition) is 2. The molecule has 6 nitrogen and oxygen atoms in total. The Morgan fingerprint density at radius 1 is 1.32 bits per heavy atom. The molecule has 2 aliphatic heterocycles. The van der Waals surface area contributed by atoms with Gasteiger partial charge in [0.05, 0.1) is 12.6 Å². The maximum atomic E-state index is 11.8. The lowest BCUT2D eigenvalue weighted by Crippen LogP contribution is -2.49. The smallest absolute Gasteiger partial charge is 0.242 e. The van der Waals surface area contributed by atoms with Crippen LogP contribution in [0.3, 0.4) is 0 Å². The van der Waals surface area contributed by atoms with E-state index in [0.717, 1.165) is 52.0 Å². The van der Waals surface area contributed by atoms with E-state index in [0.29, 0.717) is 6.42 Å². The van der Waals surface area contributed by atoms with Gasteiger partial charge in [-0.05, 0) is 19.3 Å². The number of carbonyl (C=O) groups excluding carboxylic acids is 2. The summed E-state index contributed by atoms with van der Waals surface area (Å²) in [6.07, 6.45) is 3.57. The molecule has 0 aromatic rings. The summed E-state index contributed by atoms with van der Waals surface area (Å²) >= 11 is 0. The third kappa shape index (κ3) is 4.80. The number of carbonyl (C=O) groups is 2. The summed E-state index contributed by atoms with van der Waals surface area (Å²) in [4.78, 5) is 25.2. The van der Waals surface area contributed by atoms with Gasteiger partial charge in [0.2, 0.25) is 11.8 Å². The first-order valence-corrected chi connectivity index (χ1v) is 7.12. The molecule has 2 amide bonds. The highest BCUT2D eigenvalue weighted by Crippen LogP contribution is 2.16. The van der Waals surface area contributed by atoms with E-state index in [-0.39, 0.29) is 24.5 Å². The number of amides is 2. The molecule has 1 atom stereocenters. The van der Waals surface area contributed by atoms with Crippen molar-refractivity contribution in [3.05, 3.63) is 0 Å². The van der Waals surface area contributed by atoms with E-state index in [1.807, 2.05) is 0 Å². The third-order valence-electron chi connectivity index (χ3n) is 3.62. The van der Waals surface area contributed by atoms with Gasteiger partial charge in [0, 0.05) is 39.2 Å². The van der Waals surface area contributed by atoms with Crippen LogP contribution in [0.4, 0.5) is 0 Å². The molecule has 6 heteroatoms. The maximum Gasteiger partial charge on any atom is 0.242 e. The van der Waals surface area contributed by atoms with Crippen LogP contribution in [0.2, 0.25) is 0 Å². The molecule has 19 heavy (non-hydrogen) atoms. The lowest BCUT2D eigenvalue weighted by atomic mass is 10.1. The van der Waals surface area contributed by atoms with E-state index in [2.05, 4.69) is 10.6 Å². The minimum absolute atomic E-state index is 0.00645. The monoisotopic (exact) mass is 269 g/mol. The number of ether oxygens (including phenoxy) is 1. The fourth-order valence-corrected chi connectivity index (χ4v) is 2.45. The van der Waals surface area contributed by atoms with Crippen LogP contribution in [0.5, 0.6) is 0 Å². The normalized spacial score (nSPS) is 23.4. The lowest BCUT2D eigenvalue weighted by molar-refractivity contribution is -0.133. The van der Waals surface area contributed by atoms with Crippen molar-refractivity contribution in [1.82, 2.24) is 15.5 Å². The predicted octanol–water partition coefficient (Wildman–Crippen LogP) is -0.506. The molecule has 1 unspecified atom stereocenters. The van der Waals surface area contributed by atoms with Gasteiger partial charge in [0.1, 0.15) is 0 Å². The van der Waals surface area contributed by atoms with Crippen LogP contribution in [0, 0.1) is 0 Å². The van der Waals surface area contributed by atoms with Gasteiger partial charge in [0.25, 0.3) is 0 Å². The molecule has 0 aromatic carbocycles. The first-order valence-electron chi connectivity index (χ1n) is 7.12. The van der Waals surface area contributed by atoms with Gasteiger partial charge in [-0.25, -0.2) is 0 Å². The van der Waals surface area contributed by atoms with Crippen molar-refractivity contribution in [3.63, 3.8) is 0 Å². The zero-order valence-corrected chi connectivity index (χ0v) is 11.3. The highest BCUT2D eigenvalue weighted by molar-refractivity contribution is 5.84. The Labute approximate surface area is 113 Å². The molecule has 0 spiro atoms. The largest absolute Gasteiger partial charge is 0.378 e. The number of nitrogens with one attached hydrogen (secondary N) is 2. The van der Waals surface area contributed by atoms with Crippen LogP contribution in [0.25, 0.3) is 0 Å². The molecule has 2 heterocycles. The fourth-order valence-electron chi connectivity index (χ4n) is 2.45. The van der Waals surface area contributed by atoms with Gasteiger partial charge in [-0.2, -0.15) is 0 Å². The van der Waals surface area contributed by atoms with Crippen molar-refractivity contribution in [2.75, 3.05) is 39.3 Å². The van der Waals surface area contributed by atoms with Crippen molar-refractivity contribution in [3.8, 4) is 0 Å². The second kappa shape index (κ2) is 7.45. The van der Waals surface area contributed by atoms with Crippen LogP contribution >= 0.6 is 0 Å². The molecular formula is C13H23N3O3. The van der Waals surface area contributed by atoms with Crippen molar-refractivity contribution in [2.24, 2.45) is 0 Å². The van der Waals surface area contributed by atoms with Gasteiger partial charge in [-0.1, -0.05) is 0 Å². The minimum atomic E-state index is -0.0565. The Morgan fingerprint density at radius 3 is 2.79 bits per heavy atom. The zero-order chi connectivity index (χ0) is 13.5. The molecule has 0 bridgehead atoms. The van der Waals surface area contributed by atoms with Gasteiger partial charge in [-0.15, -0.1) is 0 Å². The third-order valence-corrected chi connectivity index (χ3v) is 3.62. The average molecular weight is 269 g/mol. The Hall–Kier alpha value is -1.14. The number of rotatable bonds is 5. The Balaban J connectivity index is 1.58. The van der Waals surface area contributed by atoms with Crippen LogP contribution in [-0.4, -0.2) is 62.1 Å². The van der Waals surface area contributed by atoms with Crippen molar-refractivity contribution >= 4 is 11.8 Å². The van der Waals surface area contributed by atoms with E-state index >= 15 is 0 Å². The molecule has 0 aromatic heterocycles. The number of nitrogens with zero attached hydrogens (tertiary/aromatic N) is 1. The lowest BCUT2D eigenvalue weighted by Gasteiger charge is -2.27. The average Bonchev–Trinajstić information content (AvgIpc) is 2.96. The van der Waals surface area contributed by atoms with Gasteiger partial charge < -0.3 is 20.3 Å². The molecule has 2 saturated heterocycles. The molecular weight excluding hydrogens is 246 g/mol. The molecule has 108 valence electrons.